The minimum Gasteiger partial charge on any atom is -0.461 e. The summed E-state index contributed by atoms with van der Waals surface area (Å²) in [4.78, 5) is 31.1. The molecule has 7 heteroatoms. The minimum absolute atomic E-state index is 0.0328. The monoisotopic (exact) mass is 359 g/mol. The lowest BCUT2D eigenvalue weighted by atomic mass is 10.1. The van der Waals surface area contributed by atoms with Gasteiger partial charge in [-0.3, -0.25) is 4.79 Å². The Balaban J connectivity index is 1.91. The molecular weight excluding hydrogens is 334 g/mol. The number of amides is 1. The number of carbonyl (C=O) groups excluding carboxylic acids is 2. The number of alkyl carbamates (subject to hydrolysis) is 1. The number of H-pyrrole nitrogens is 1. The fourth-order valence-electron chi connectivity index (χ4n) is 2.31. The Labute approximate surface area is 153 Å². The molecule has 26 heavy (non-hydrogen) atoms. The first kappa shape index (κ1) is 19.5. The lowest BCUT2D eigenvalue weighted by molar-refractivity contribution is -0.145. The molecule has 0 saturated heterocycles. The Morgan fingerprint density at radius 1 is 1.23 bits per heavy atom. The van der Waals surface area contributed by atoms with E-state index in [0.717, 1.165) is 11.3 Å². The highest BCUT2D eigenvalue weighted by atomic mass is 16.6. The molecule has 0 radical (unpaired) electrons. The van der Waals surface area contributed by atoms with Crippen LogP contribution in [0.25, 0.3) is 0 Å². The molecule has 1 atom stereocenters. The number of aromatic nitrogens is 2. The molecule has 2 aromatic rings. The zero-order valence-electron chi connectivity index (χ0n) is 15.3. The second-order valence-corrected chi connectivity index (χ2v) is 6.97. The summed E-state index contributed by atoms with van der Waals surface area (Å²) in [5.74, 6) is -0.394. The number of esters is 1. The van der Waals surface area contributed by atoms with Crippen molar-refractivity contribution in [1.82, 2.24) is 15.3 Å². The Morgan fingerprint density at radius 3 is 2.58 bits per heavy atom. The number of ether oxygens (including phenoxy) is 2. The van der Waals surface area contributed by atoms with Crippen LogP contribution in [0.2, 0.25) is 0 Å². The lowest BCUT2D eigenvalue weighted by Gasteiger charge is -2.23. The maximum atomic E-state index is 12.2. The average molecular weight is 359 g/mol. The fourth-order valence-corrected chi connectivity index (χ4v) is 2.31. The predicted octanol–water partition coefficient (Wildman–Crippen LogP) is 2.98. The third kappa shape index (κ3) is 7.38. The van der Waals surface area contributed by atoms with Crippen molar-refractivity contribution in [2.24, 2.45) is 0 Å². The minimum atomic E-state index is -0.615. The van der Waals surface area contributed by atoms with Gasteiger partial charge in [-0.25, -0.2) is 9.78 Å². The molecule has 0 unspecified atom stereocenters. The van der Waals surface area contributed by atoms with Gasteiger partial charge >= 0.3 is 12.1 Å². The standard InChI is InChI=1S/C19H25N3O4/c1-19(2,3)26-18(24)22-15(9-16-11-20-13-21-16)10-17(23)25-12-14-7-5-4-6-8-14/h4-8,11,13,15H,9-10,12H2,1-3H3,(H,20,21)(H,22,24)/t15-/m0/s1. The van der Waals surface area contributed by atoms with Gasteiger partial charge in [-0.05, 0) is 26.3 Å². The summed E-state index contributed by atoms with van der Waals surface area (Å²) in [5, 5.41) is 2.73. The smallest absolute Gasteiger partial charge is 0.407 e. The van der Waals surface area contributed by atoms with Gasteiger partial charge in [0, 0.05) is 24.4 Å². The van der Waals surface area contributed by atoms with Crippen LogP contribution in [0.4, 0.5) is 4.79 Å². The van der Waals surface area contributed by atoms with Crippen molar-refractivity contribution in [2.45, 2.75) is 51.9 Å². The molecule has 1 heterocycles. The molecule has 0 spiro atoms. The Morgan fingerprint density at radius 2 is 1.96 bits per heavy atom. The molecule has 2 N–H and O–H groups in total. The van der Waals surface area contributed by atoms with Gasteiger partial charge in [-0.1, -0.05) is 30.3 Å². The van der Waals surface area contributed by atoms with E-state index in [9.17, 15) is 9.59 Å². The second-order valence-electron chi connectivity index (χ2n) is 6.97. The van der Waals surface area contributed by atoms with E-state index in [-0.39, 0.29) is 13.0 Å². The highest BCUT2D eigenvalue weighted by Gasteiger charge is 2.22. The Kier molecular flexibility index (Phi) is 6.77. The Bertz CT molecular complexity index is 693. The molecular formula is C19H25N3O4. The maximum Gasteiger partial charge on any atom is 0.407 e. The van der Waals surface area contributed by atoms with Crippen LogP contribution < -0.4 is 5.32 Å². The van der Waals surface area contributed by atoms with Crippen LogP contribution in [0.1, 0.15) is 38.4 Å². The molecule has 0 aliphatic heterocycles. The molecule has 0 aliphatic carbocycles. The van der Waals surface area contributed by atoms with Gasteiger partial charge in [0.1, 0.15) is 12.2 Å². The molecule has 140 valence electrons. The number of hydrogen-bond acceptors (Lipinski definition) is 5. The van der Waals surface area contributed by atoms with Gasteiger partial charge < -0.3 is 19.8 Å². The second kappa shape index (κ2) is 9.03. The number of imidazole rings is 1. The number of nitrogens with one attached hydrogen (secondary N) is 2. The first-order valence-corrected chi connectivity index (χ1v) is 8.48. The average Bonchev–Trinajstić information content (AvgIpc) is 3.05. The van der Waals surface area contributed by atoms with E-state index in [1.165, 1.54) is 0 Å². The molecule has 0 fully saturated rings. The predicted molar refractivity (Wildman–Crippen MR) is 96.3 cm³/mol. The van der Waals surface area contributed by atoms with Crippen molar-refractivity contribution in [3.8, 4) is 0 Å². The van der Waals surface area contributed by atoms with E-state index < -0.39 is 23.7 Å². The van der Waals surface area contributed by atoms with Crippen LogP contribution in [0, 0.1) is 0 Å². The molecule has 1 aromatic carbocycles. The molecule has 7 nitrogen and oxygen atoms in total. The van der Waals surface area contributed by atoms with Crippen molar-refractivity contribution in [1.29, 1.82) is 0 Å². The van der Waals surface area contributed by atoms with Gasteiger partial charge in [0.15, 0.2) is 0 Å². The first-order chi connectivity index (χ1) is 12.3. The van der Waals surface area contributed by atoms with Crippen LogP contribution >= 0.6 is 0 Å². The number of aromatic amines is 1. The van der Waals surface area contributed by atoms with Gasteiger partial charge in [-0.2, -0.15) is 0 Å². The van der Waals surface area contributed by atoms with Crippen molar-refractivity contribution in [2.75, 3.05) is 0 Å². The summed E-state index contributed by atoms with van der Waals surface area (Å²) < 4.78 is 10.6. The number of rotatable bonds is 7. The van der Waals surface area contributed by atoms with E-state index in [1.807, 2.05) is 30.3 Å². The van der Waals surface area contributed by atoms with E-state index >= 15 is 0 Å². The highest BCUT2D eigenvalue weighted by Crippen LogP contribution is 2.10. The number of benzene rings is 1. The van der Waals surface area contributed by atoms with Crippen LogP contribution in [-0.4, -0.2) is 33.7 Å². The van der Waals surface area contributed by atoms with Crippen molar-refractivity contribution in [3.05, 3.63) is 54.1 Å². The largest absolute Gasteiger partial charge is 0.461 e. The molecule has 1 amide bonds. The summed E-state index contributed by atoms with van der Waals surface area (Å²) in [7, 11) is 0. The first-order valence-electron chi connectivity index (χ1n) is 8.48. The zero-order chi connectivity index (χ0) is 19.0. The summed E-state index contributed by atoms with van der Waals surface area (Å²) in [5.41, 5.74) is 1.10. The molecule has 0 aliphatic rings. The summed E-state index contributed by atoms with van der Waals surface area (Å²) in [6.07, 6.45) is 3.08. The van der Waals surface area contributed by atoms with Gasteiger partial charge in [0.25, 0.3) is 0 Å². The number of carbonyl (C=O) groups is 2. The third-order valence-electron chi connectivity index (χ3n) is 3.40. The van der Waals surface area contributed by atoms with Gasteiger partial charge in [-0.15, -0.1) is 0 Å². The van der Waals surface area contributed by atoms with Crippen molar-refractivity contribution >= 4 is 12.1 Å². The normalized spacial score (nSPS) is 12.3. The lowest BCUT2D eigenvalue weighted by Crippen LogP contribution is -2.41. The Hall–Kier alpha value is -2.83. The van der Waals surface area contributed by atoms with E-state index in [0.29, 0.717) is 6.42 Å². The van der Waals surface area contributed by atoms with Crippen molar-refractivity contribution < 1.29 is 19.1 Å². The highest BCUT2D eigenvalue weighted by molar-refractivity contribution is 5.73. The molecule has 0 saturated carbocycles. The van der Waals surface area contributed by atoms with Crippen LogP contribution in [-0.2, 0) is 27.3 Å². The number of hydrogen-bond donors (Lipinski definition) is 2. The van der Waals surface area contributed by atoms with Gasteiger partial charge in [0.05, 0.1) is 12.7 Å². The van der Waals surface area contributed by atoms with Crippen LogP contribution in [0.15, 0.2) is 42.9 Å². The van der Waals surface area contributed by atoms with Crippen LogP contribution in [0.3, 0.4) is 0 Å². The summed E-state index contributed by atoms with van der Waals surface area (Å²) >= 11 is 0. The third-order valence-corrected chi connectivity index (χ3v) is 3.40. The van der Waals surface area contributed by atoms with E-state index in [2.05, 4.69) is 15.3 Å². The quantitative estimate of drug-likeness (QED) is 0.741. The zero-order valence-corrected chi connectivity index (χ0v) is 15.3. The summed E-state index contributed by atoms with van der Waals surface area (Å²) in [6.45, 7) is 5.54. The van der Waals surface area contributed by atoms with E-state index in [4.69, 9.17) is 9.47 Å². The molecule has 0 bridgehead atoms. The molecule has 1 aromatic heterocycles. The SMILES string of the molecule is CC(C)(C)OC(=O)N[C@H](CC(=O)OCc1ccccc1)Cc1cnc[nH]1. The van der Waals surface area contributed by atoms with Crippen molar-refractivity contribution in [3.63, 3.8) is 0 Å². The maximum absolute atomic E-state index is 12.2. The number of nitrogens with zero attached hydrogens (tertiary/aromatic N) is 1. The van der Waals surface area contributed by atoms with Crippen LogP contribution in [0.5, 0.6) is 0 Å². The molecule has 2 rings (SSSR count). The van der Waals surface area contributed by atoms with Gasteiger partial charge in [0.2, 0.25) is 0 Å². The fraction of sp³-hybridized carbons (Fsp3) is 0.421. The summed E-state index contributed by atoms with van der Waals surface area (Å²) in [6, 6.07) is 8.97. The van der Waals surface area contributed by atoms with E-state index in [1.54, 1.807) is 33.3 Å². The topological polar surface area (TPSA) is 93.3 Å².